The van der Waals surface area contributed by atoms with E-state index in [4.69, 9.17) is 18.9 Å². The van der Waals surface area contributed by atoms with Crippen LogP contribution < -0.4 is 14.2 Å². The van der Waals surface area contributed by atoms with E-state index in [1.165, 1.54) is 0 Å². The van der Waals surface area contributed by atoms with Gasteiger partial charge in [-0.15, -0.1) is 0 Å². The van der Waals surface area contributed by atoms with Crippen LogP contribution in [-0.2, 0) is 31.0 Å². The molecule has 270 valence electrons. The second kappa shape index (κ2) is 18.3. The third-order valence-electron chi connectivity index (χ3n) is 7.60. The fourth-order valence-corrected chi connectivity index (χ4v) is 5.08. The molecule has 13 heteroatoms. The van der Waals surface area contributed by atoms with E-state index < -0.39 is 46.8 Å². The van der Waals surface area contributed by atoms with E-state index in [0.717, 1.165) is 61.6 Å². The normalized spacial score (nSPS) is 11.8. The number of aryl methyl sites for hydroxylation is 1. The molecular weight excluding hydrogens is 670 g/mol. The zero-order chi connectivity index (χ0) is 36.8. The van der Waals surface area contributed by atoms with Crippen molar-refractivity contribution >= 4 is 17.9 Å². The third-order valence-corrected chi connectivity index (χ3v) is 7.60. The summed E-state index contributed by atoms with van der Waals surface area (Å²) in [5, 5.41) is 0. The zero-order valence-electron chi connectivity index (χ0n) is 27.4. The number of rotatable bonds is 18. The molecule has 0 aliphatic rings. The van der Waals surface area contributed by atoms with E-state index in [1.54, 1.807) is 31.2 Å². The molecule has 3 aromatic rings. The van der Waals surface area contributed by atoms with Crippen LogP contribution in [0.4, 0.5) is 26.3 Å². The van der Waals surface area contributed by atoms with Crippen LogP contribution in [0.2, 0.25) is 0 Å². The van der Waals surface area contributed by atoms with Crippen molar-refractivity contribution in [2.45, 2.75) is 76.1 Å². The quantitative estimate of drug-likeness (QED) is 0.0429. The first kappa shape index (κ1) is 39.6. The zero-order valence-corrected chi connectivity index (χ0v) is 27.4. The van der Waals surface area contributed by atoms with E-state index in [-0.39, 0.29) is 30.8 Å². The molecule has 0 heterocycles. The monoisotopic (exact) mass is 708 g/mol. The van der Waals surface area contributed by atoms with Crippen LogP contribution in [0.15, 0.2) is 85.5 Å². The second-order valence-electron chi connectivity index (χ2n) is 11.3. The second-order valence-corrected chi connectivity index (χ2v) is 11.3. The Kier molecular flexibility index (Phi) is 14.5. The molecule has 0 spiro atoms. The molecule has 0 aliphatic heterocycles. The van der Waals surface area contributed by atoms with Gasteiger partial charge in [-0.1, -0.05) is 49.9 Å². The summed E-state index contributed by atoms with van der Waals surface area (Å²) in [4.78, 5) is 35.2. The van der Waals surface area contributed by atoms with Gasteiger partial charge in [0.2, 0.25) is 5.41 Å². The predicted molar refractivity (Wildman–Crippen MR) is 172 cm³/mol. The number of hydrogen-bond acceptors (Lipinski definition) is 7. The first-order valence-corrected chi connectivity index (χ1v) is 16.0. The van der Waals surface area contributed by atoms with Gasteiger partial charge >= 0.3 is 30.3 Å². The highest BCUT2D eigenvalue weighted by Crippen LogP contribution is 2.56. The number of unbranched alkanes of at least 4 members (excludes halogenated alkanes) is 3. The number of esters is 3. The maximum atomic E-state index is 14.5. The molecule has 3 rings (SSSR count). The average molecular weight is 709 g/mol. The fourth-order valence-electron chi connectivity index (χ4n) is 5.08. The lowest BCUT2D eigenvalue weighted by Gasteiger charge is -2.38. The number of ether oxygens (including phenoxy) is 4. The average Bonchev–Trinajstić information content (AvgIpc) is 3.06. The fraction of sp³-hybridized carbons (Fsp3) is 0.378. The lowest BCUT2D eigenvalue weighted by Crippen LogP contribution is -2.54. The van der Waals surface area contributed by atoms with Crippen LogP contribution in [0, 0.1) is 0 Å². The lowest BCUT2D eigenvalue weighted by molar-refractivity contribution is -0.288. The number of benzene rings is 3. The van der Waals surface area contributed by atoms with Gasteiger partial charge < -0.3 is 18.9 Å². The molecule has 0 aliphatic carbocycles. The van der Waals surface area contributed by atoms with Crippen LogP contribution in [0.3, 0.4) is 0 Å². The van der Waals surface area contributed by atoms with Crippen molar-refractivity contribution in [3.05, 3.63) is 102 Å². The molecule has 0 unspecified atom stereocenters. The third kappa shape index (κ3) is 10.8. The van der Waals surface area contributed by atoms with Crippen LogP contribution in [0.1, 0.15) is 68.6 Å². The Hall–Kier alpha value is -4.81. The van der Waals surface area contributed by atoms with E-state index >= 15 is 0 Å². The topological polar surface area (TPSA) is 88.1 Å². The Bertz CT molecular complexity index is 1530. The molecule has 0 saturated heterocycles. The molecule has 0 atom stereocenters. The van der Waals surface area contributed by atoms with E-state index in [2.05, 4.69) is 6.58 Å². The highest BCUT2D eigenvalue weighted by Gasteiger charge is 2.72. The van der Waals surface area contributed by atoms with Crippen LogP contribution in [0.25, 0.3) is 0 Å². The predicted octanol–water partition coefficient (Wildman–Crippen LogP) is 9.01. The standard InChI is InChI=1S/C37H38F6O7/c1-3-9-33(45)49-30-19-13-27(14-20-30)35(36(38,39)40,37(41,42)43)28-15-21-31(22-16-28)50-34(46)23-12-26-10-17-29(18-11-26)47-24-7-5-6-8-25-48-32(44)4-2/h4,10-11,13-22H,2-3,5-9,12,23-25H2,1H3. The summed E-state index contributed by atoms with van der Waals surface area (Å²) in [7, 11) is 0. The maximum absolute atomic E-state index is 14.5. The van der Waals surface area contributed by atoms with Gasteiger partial charge in [-0.2, -0.15) is 26.3 Å². The van der Waals surface area contributed by atoms with Crippen molar-refractivity contribution < 1.29 is 59.7 Å². The van der Waals surface area contributed by atoms with E-state index in [1.807, 2.05) is 0 Å². The smallest absolute Gasteiger partial charge is 0.411 e. The number of alkyl halides is 6. The van der Waals surface area contributed by atoms with Crippen LogP contribution in [-0.4, -0.2) is 43.5 Å². The van der Waals surface area contributed by atoms with E-state index in [0.29, 0.717) is 49.6 Å². The summed E-state index contributed by atoms with van der Waals surface area (Å²) in [5.74, 6) is -1.63. The highest BCUT2D eigenvalue weighted by atomic mass is 19.4. The largest absolute Gasteiger partial charge is 0.494 e. The van der Waals surface area contributed by atoms with Gasteiger partial charge in [0.05, 0.1) is 13.2 Å². The molecule has 50 heavy (non-hydrogen) atoms. The van der Waals surface area contributed by atoms with Crippen molar-refractivity contribution in [3.8, 4) is 17.2 Å². The Labute approximate surface area is 286 Å². The van der Waals surface area contributed by atoms with Gasteiger partial charge in [-0.25, -0.2) is 4.79 Å². The molecule has 0 fully saturated rings. The molecular formula is C37H38F6O7. The van der Waals surface area contributed by atoms with Gasteiger partial charge in [0.25, 0.3) is 0 Å². The molecule has 7 nitrogen and oxygen atoms in total. The van der Waals surface area contributed by atoms with E-state index in [9.17, 15) is 40.7 Å². The summed E-state index contributed by atoms with van der Waals surface area (Å²) in [6.07, 6.45) is -6.57. The van der Waals surface area contributed by atoms with Gasteiger partial charge in [-0.3, -0.25) is 9.59 Å². The number of carbonyl (C=O) groups excluding carboxylic acids is 3. The Balaban J connectivity index is 1.57. The molecule has 0 aromatic heterocycles. The summed E-state index contributed by atoms with van der Waals surface area (Å²) >= 11 is 0. The number of carbonyl (C=O) groups is 3. The van der Waals surface area contributed by atoms with Crippen molar-refractivity contribution in [2.24, 2.45) is 0 Å². The van der Waals surface area contributed by atoms with Crippen molar-refractivity contribution in [1.82, 2.24) is 0 Å². The molecule has 0 N–H and O–H groups in total. The highest BCUT2D eigenvalue weighted by molar-refractivity contribution is 5.81. The van der Waals surface area contributed by atoms with Crippen LogP contribution in [0.5, 0.6) is 17.2 Å². The molecule has 0 radical (unpaired) electrons. The maximum Gasteiger partial charge on any atom is 0.411 e. The van der Waals surface area contributed by atoms with Crippen molar-refractivity contribution in [3.63, 3.8) is 0 Å². The Morgan fingerprint density at radius 2 is 1.10 bits per heavy atom. The Morgan fingerprint density at radius 1 is 0.640 bits per heavy atom. The molecule has 0 amide bonds. The van der Waals surface area contributed by atoms with Crippen molar-refractivity contribution in [2.75, 3.05) is 13.2 Å². The first-order chi connectivity index (χ1) is 23.7. The summed E-state index contributed by atoms with van der Waals surface area (Å²) < 4.78 is 108. The minimum absolute atomic E-state index is 0.0270. The molecule has 3 aromatic carbocycles. The number of halogens is 6. The SMILES string of the molecule is C=CC(=O)OCCCCCCOc1ccc(CCC(=O)Oc2ccc(C(c3ccc(OC(=O)CCC)cc3)(C(F)(F)F)C(F)(F)F)cc2)cc1. The minimum Gasteiger partial charge on any atom is -0.494 e. The summed E-state index contributed by atoms with van der Waals surface area (Å²) in [5.41, 5.74) is -5.91. The van der Waals surface area contributed by atoms with Gasteiger partial charge in [-0.05, 0) is 91.6 Å². The lowest BCUT2D eigenvalue weighted by atomic mass is 9.73. The summed E-state index contributed by atoms with van der Waals surface area (Å²) in [6, 6.07) is 13.0. The molecule has 0 bridgehead atoms. The first-order valence-electron chi connectivity index (χ1n) is 16.0. The van der Waals surface area contributed by atoms with Gasteiger partial charge in [0.15, 0.2) is 0 Å². The molecule has 0 saturated carbocycles. The summed E-state index contributed by atoms with van der Waals surface area (Å²) in [6.45, 7) is 5.87. The van der Waals surface area contributed by atoms with Crippen LogP contribution >= 0.6 is 0 Å². The van der Waals surface area contributed by atoms with Gasteiger partial charge in [0.1, 0.15) is 17.2 Å². The Morgan fingerprint density at radius 3 is 1.56 bits per heavy atom. The van der Waals surface area contributed by atoms with Gasteiger partial charge in [0, 0.05) is 18.9 Å². The number of hydrogen-bond donors (Lipinski definition) is 0. The minimum atomic E-state index is -5.82. The van der Waals surface area contributed by atoms with Crippen molar-refractivity contribution in [1.29, 1.82) is 0 Å².